The van der Waals surface area contributed by atoms with Crippen molar-refractivity contribution in [2.45, 2.75) is 0 Å². The third kappa shape index (κ3) is 3.99. The number of hydrogen-bond acceptors (Lipinski definition) is 4. The molecule has 9 aromatic rings. The van der Waals surface area contributed by atoms with Gasteiger partial charge in [-0.1, -0.05) is 115 Å². The van der Waals surface area contributed by atoms with Crippen molar-refractivity contribution in [3.63, 3.8) is 0 Å². The topological polar surface area (TPSA) is 34.8 Å². The molecule has 0 spiro atoms. The van der Waals surface area contributed by atoms with Crippen LogP contribution in [0.5, 0.6) is 23.0 Å². The molecule has 0 saturated heterocycles. The lowest BCUT2D eigenvalue weighted by atomic mass is 9.96. The molecule has 50 heavy (non-hydrogen) atoms. The summed E-state index contributed by atoms with van der Waals surface area (Å²) in [6.45, 7) is 0. The molecule has 0 fully saturated rings. The van der Waals surface area contributed by atoms with Gasteiger partial charge in [0.25, 0.3) is 0 Å². The van der Waals surface area contributed by atoms with Crippen LogP contribution in [0.4, 0.5) is 17.1 Å². The molecule has 0 aliphatic carbocycles. The monoisotopic (exact) mass is 641 g/mol. The minimum Gasteiger partial charge on any atom is -0.456 e. The van der Waals surface area contributed by atoms with Crippen LogP contribution < -0.4 is 14.4 Å². The maximum atomic E-state index is 6.58. The lowest BCUT2D eigenvalue weighted by Crippen LogP contribution is -2.20. The molecule has 3 heterocycles. The highest BCUT2D eigenvalue weighted by Crippen LogP contribution is 2.60. The molecular weight excluding hydrogens is 615 g/mol. The standard InChI is InChI=1S/C46H27NO3/c1-2-10-33-29(8-1)9-5-12-34(33)32-23-25-38-44(27-32)50-42-17-7-16-41-46(42)47(38)37-24-22-31(26-43(37)49-41)28-18-20-30(21-19-28)35-13-6-15-40-45(35)36-11-3-4-14-39(36)48-40/h1-27H. The Labute approximate surface area is 288 Å². The molecule has 2 aliphatic heterocycles. The Morgan fingerprint density at radius 1 is 0.380 bits per heavy atom. The average molecular weight is 642 g/mol. The van der Waals surface area contributed by atoms with Crippen LogP contribution in [0, 0.1) is 0 Å². The molecule has 0 saturated carbocycles. The van der Waals surface area contributed by atoms with Crippen molar-refractivity contribution < 1.29 is 13.9 Å². The fraction of sp³-hybridized carbons (Fsp3) is 0. The molecule has 2 aliphatic rings. The lowest BCUT2D eigenvalue weighted by Gasteiger charge is -2.38. The predicted octanol–water partition coefficient (Wildman–Crippen LogP) is 13.4. The normalized spacial score (nSPS) is 12.7. The van der Waals surface area contributed by atoms with E-state index < -0.39 is 0 Å². The van der Waals surface area contributed by atoms with E-state index in [4.69, 9.17) is 13.9 Å². The predicted molar refractivity (Wildman–Crippen MR) is 202 cm³/mol. The van der Waals surface area contributed by atoms with Gasteiger partial charge in [0, 0.05) is 10.8 Å². The highest BCUT2D eigenvalue weighted by atomic mass is 16.5. The highest BCUT2D eigenvalue weighted by Gasteiger charge is 2.34. The van der Waals surface area contributed by atoms with E-state index >= 15 is 0 Å². The van der Waals surface area contributed by atoms with Crippen LogP contribution in [0.2, 0.25) is 0 Å². The van der Waals surface area contributed by atoms with Crippen LogP contribution in [0.15, 0.2) is 168 Å². The van der Waals surface area contributed by atoms with E-state index in [1.54, 1.807) is 0 Å². The number of fused-ring (bicyclic) bond motifs is 8. The Morgan fingerprint density at radius 3 is 1.78 bits per heavy atom. The molecule has 4 heteroatoms. The molecule has 0 unspecified atom stereocenters. The summed E-state index contributed by atoms with van der Waals surface area (Å²) in [5, 5.41) is 4.71. The van der Waals surface area contributed by atoms with Gasteiger partial charge in [-0.3, -0.25) is 4.90 Å². The number of rotatable bonds is 3. The molecule has 8 aromatic carbocycles. The molecule has 11 rings (SSSR count). The zero-order valence-corrected chi connectivity index (χ0v) is 26.8. The Morgan fingerprint density at radius 2 is 0.960 bits per heavy atom. The fourth-order valence-electron chi connectivity index (χ4n) is 7.74. The van der Waals surface area contributed by atoms with Gasteiger partial charge in [-0.2, -0.15) is 0 Å². The first-order valence-corrected chi connectivity index (χ1v) is 16.8. The third-order valence-corrected chi connectivity index (χ3v) is 10.1. The van der Waals surface area contributed by atoms with E-state index in [0.29, 0.717) is 0 Å². The SMILES string of the molecule is c1cc2c3c(c1)Oc1cc(-c4cccc5ccccc45)ccc1N3c1ccc(-c3ccc(-c4cccc5oc6ccccc6c45)cc3)cc1O2. The Balaban J connectivity index is 0.980. The molecule has 0 amide bonds. The van der Waals surface area contributed by atoms with Crippen molar-refractivity contribution >= 4 is 49.8 Å². The summed E-state index contributed by atoms with van der Waals surface area (Å²) in [4.78, 5) is 2.28. The second-order valence-electron chi connectivity index (χ2n) is 12.9. The number of benzene rings is 8. The van der Waals surface area contributed by atoms with Gasteiger partial charge in [0.1, 0.15) is 16.9 Å². The summed E-state index contributed by atoms with van der Waals surface area (Å²) < 4.78 is 19.3. The van der Waals surface area contributed by atoms with Gasteiger partial charge in [0.2, 0.25) is 0 Å². The van der Waals surface area contributed by atoms with Gasteiger partial charge >= 0.3 is 0 Å². The summed E-state index contributed by atoms with van der Waals surface area (Å²) in [6, 6.07) is 57.2. The first kappa shape index (κ1) is 27.2. The lowest BCUT2D eigenvalue weighted by molar-refractivity contribution is 0.446. The van der Waals surface area contributed by atoms with Gasteiger partial charge in [-0.15, -0.1) is 0 Å². The zero-order chi connectivity index (χ0) is 32.8. The maximum absolute atomic E-state index is 6.58. The minimum absolute atomic E-state index is 0.770. The van der Waals surface area contributed by atoms with E-state index in [9.17, 15) is 0 Å². The van der Waals surface area contributed by atoms with Crippen LogP contribution in [0.25, 0.3) is 66.1 Å². The van der Waals surface area contributed by atoms with Crippen molar-refractivity contribution in [2.24, 2.45) is 0 Å². The quantitative estimate of drug-likeness (QED) is 0.192. The molecule has 0 N–H and O–H groups in total. The number of hydrogen-bond donors (Lipinski definition) is 0. The van der Waals surface area contributed by atoms with Crippen molar-refractivity contribution in [1.82, 2.24) is 0 Å². The molecule has 1 aromatic heterocycles. The van der Waals surface area contributed by atoms with E-state index in [1.807, 2.05) is 36.4 Å². The number of ether oxygens (including phenoxy) is 2. The molecule has 0 atom stereocenters. The Hall–Kier alpha value is -6.78. The summed E-state index contributed by atoms with van der Waals surface area (Å²) in [6.07, 6.45) is 0. The smallest absolute Gasteiger partial charge is 0.155 e. The summed E-state index contributed by atoms with van der Waals surface area (Å²) in [7, 11) is 0. The van der Waals surface area contributed by atoms with Gasteiger partial charge in [0.05, 0.1) is 11.4 Å². The first-order valence-electron chi connectivity index (χ1n) is 16.8. The second-order valence-corrected chi connectivity index (χ2v) is 12.9. The van der Waals surface area contributed by atoms with E-state index in [2.05, 4.69) is 132 Å². The zero-order valence-electron chi connectivity index (χ0n) is 26.8. The van der Waals surface area contributed by atoms with E-state index in [0.717, 1.165) is 89.8 Å². The molecule has 4 nitrogen and oxygen atoms in total. The molecule has 0 bridgehead atoms. The van der Waals surface area contributed by atoms with Crippen molar-refractivity contribution in [1.29, 1.82) is 0 Å². The van der Waals surface area contributed by atoms with Gasteiger partial charge in [-0.25, -0.2) is 0 Å². The van der Waals surface area contributed by atoms with Gasteiger partial charge < -0.3 is 13.9 Å². The van der Waals surface area contributed by atoms with Crippen LogP contribution in [-0.4, -0.2) is 0 Å². The summed E-state index contributed by atoms with van der Waals surface area (Å²) in [5.41, 5.74) is 11.5. The fourth-order valence-corrected chi connectivity index (χ4v) is 7.74. The van der Waals surface area contributed by atoms with Gasteiger partial charge in [-0.05, 0) is 92.7 Å². The second kappa shape index (κ2) is 10.4. The van der Waals surface area contributed by atoms with Crippen molar-refractivity contribution in [2.75, 3.05) is 4.90 Å². The highest BCUT2D eigenvalue weighted by molar-refractivity contribution is 6.12. The van der Waals surface area contributed by atoms with Gasteiger partial charge in [0.15, 0.2) is 23.0 Å². The van der Waals surface area contributed by atoms with E-state index in [1.165, 1.54) is 16.3 Å². The van der Waals surface area contributed by atoms with Crippen LogP contribution in [-0.2, 0) is 0 Å². The maximum Gasteiger partial charge on any atom is 0.155 e. The Bertz CT molecular complexity index is 2830. The molecule has 0 radical (unpaired) electrons. The van der Waals surface area contributed by atoms with Crippen LogP contribution in [0.1, 0.15) is 0 Å². The summed E-state index contributed by atoms with van der Waals surface area (Å²) >= 11 is 0. The van der Waals surface area contributed by atoms with Crippen molar-refractivity contribution in [3.05, 3.63) is 164 Å². The average Bonchev–Trinajstić information content (AvgIpc) is 3.56. The third-order valence-electron chi connectivity index (χ3n) is 10.1. The largest absolute Gasteiger partial charge is 0.456 e. The molecule has 234 valence electrons. The number of anilines is 3. The van der Waals surface area contributed by atoms with E-state index in [-0.39, 0.29) is 0 Å². The van der Waals surface area contributed by atoms with Crippen LogP contribution in [0.3, 0.4) is 0 Å². The van der Waals surface area contributed by atoms with Crippen molar-refractivity contribution in [3.8, 4) is 56.4 Å². The number of nitrogens with zero attached hydrogens (tertiary/aromatic N) is 1. The first-order chi connectivity index (χ1) is 24.8. The summed E-state index contributed by atoms with van der Waals surface area (Å²) in [5.74, 6) is 3.16. The number of furan rings is 1. The van der Waals surface area contributed by atoms with Crippen LogP contribution >= 0.6 is 0 Å². The minimum atomic E-state index is 0.770. The molecular formula is C46H27NO3. The number of para-hydroxylation sites is 2. The Kier molecular flexibility index (Phi) is 5.63.